The van der Waals surface area contributed by atoms with E-state index < -0.39 is 25.1 Å². The first-order chi connectivity index (χ1) is 17.1. The van der Waals surface area contributed by atoms with Crippen molar-refractivity contribution in [3.8, 4) is 11.6 Å². The summed E-state index contributed by atoms with van der Waals surface area (Å²) in [7, 11) is 0. The number of nitrogens with zero attached hydrogens (tertiary/aromatic N) is 3. The Morgan fingerprint density at radius 1 is 1.17 bits per heavy atom. The number of primary amides is 1. The monoisotopic (exact) mass is 503 g/mol. The lowest BCUT2D eigenvalue weighted by Crippen LogP contribution is -2.58. The second kappa shape index (κ2) is 8.99. The average molecular weight is 503 g/mol. The molecule has 0 unspecified atom stereocenters. The summed E-state index contributed by atoms with van der Waals surface area (Å²) in [5.74, 6) is -0.368. The van der Waals surface area contributed by atoms with Gasteiger partial charge in [-0.25, -0.2) is 9.50 Å². The van der Waals surface area contributed by atoms with Crippen LogP contribution in [0.25, 0.3) is 5.52 Å². The summed E-state index contributed by atoms with van der Waals surface area (Å²) in [5, 5.41) is 7.16. The number of aromatic nitrogens is 3. The van der Waals surface area contributed by atoms with Gasteiger partial charge in [-0.3, -0.25) is 9.59 Å². The average Bonchev–Trinajstić information content (AvgIpc) is 3.19. The van der Waals surface area contributed by atoms with Crippen LogP contribution in [0.15, 0.2) is 42.9 Å². The second-order valence-electron chi connectivity index (χ2n) is 9.41. The Hall–Kier alpha value is -3.83. The van der Waals surface area contributed by atoms with Crippen LogP contribution in [0, 0.1) is 5.41 Å². The SMILES string of the molecule is NC(=O)c1cccnc1OC1CC2(CC(NC(=O)c3cnn4cc(OCCC(F)(F)F)ccc34)C2)C1. The van der Waals surface area contributed by atoms with Gasteiger partial charge in [0.05, 0.1) is 36.5 Å². The number of rotatable bonds is 8. The van der Waals surface area contributed by atoms with Gasteiger partial charge in [0.15, 0.2) is 0 Å². The Morgan fingerprint density at radius 2 is 1.94 bits per heavy atom. The van der Waals surface area contributed by atoms with Gasteiger partial charge in [0, 0.05) is 12.2 Å². The second-order valence-corrected chi connectivity index (χ2v) is 9.41. The number of alkyl halides is 3. The summed E-state index contributed by atoms with van der Waals surface area (Å²) in [4.78, 5) is 28.5. The standard InChI is InChI=1S/C24H24F3N5O4/c25-24(26,27)5-7-35-15-3-4-19-18(12-30-32(19)13-15)21(34)31-14-8-23(9-14)10-16(11-23)36-22-17(20(28)33)2-1-6-29-22/h1-4,6,12-14,16H,5,7-11H2,(H2,28,33)(H,31,34). The van der Waals surface area contributed by atoms with Crippen molar-refractivity contribution in [2.75, 3.05) is 6.61 Å². The van der Waals surface area contributed by atoms with Crippen molar-refractivity contribution in [1.82, 2.24) is 19.9 Å². The number of nitrogens with one attached hydrogen (secondary N) is 1. The van der Waals surface area contributed by atoms with Crippen molar-refractivity contribution < 1.29 is 32.2 Å². The number of carbonyl (C=O) groups excluding carboxylic acids is 2. The maximum atomic E-state index is 12.8. The Morgan fingerprint density at radius 3 is 2.67 bits per heavy atom. The molecular formula is C24H24F3N5O4. The maximum absolute atomic E-state index is 12.8. The zero-order chi connectivity index (χ0) is 25.5. The number of nitrogens with two attached hydrogens (primary N) is 1. The molecular weight excluding hydrogens is 479 g/mol. The van der Waals surface area contributed by atoms with E-state index in [2.05, 4.69) is 15.4 Å². The van der Waals surface area contributed by atoms with Crippen molar-refractivity contribution >= 4 is 17.3 Å². The number of hydrogen-bond acceptors (Lipinski definition) is 6. The molecule has 3 N–H and O–H groups in total. The third-order valence-electron chi connectivity index (χ3n) is 6.72. The zero-order valence-electron chi connectivity index (χ0n) is 19.1. The van der Waals surface area contributed by atoms with E-state index in [0.29, 0.717) is 11.1 Å². The van der Waals surface area contributed by atoms with Gasteiger partial charge in [0.25, 0.3) is 11.8 Å². The lowest BCUT2D eigenvalue weighted by molar-refractivity contribution is -0.139. The third-order valence-corrected chi connectivity index (χ3v) is 6.72. The summed E-state index contributed by atoms with van der Waals surface area (Å²) in [6.07, 6.45) is 2.28. The largest absolute Gasteiger partial charge is 0.492 e. The lowest BCUT2D eigenvalue weighted by Gasteiger charge is -2.57. The molecule has 2 fully saturated rings. The predicted octanol–water partition coefficient (Wildman–Crippen LogP) is 3.28. The highest BCUT2D eigenvalue weighted by molar-refractivity contribution is 6.00. The third kappa shape index (κ3) is 4.93. The molecule has 2 aliphatic rings. The minimum absolute atomic E-state index is 0.0226. The first-order valence-corrected chi connectivity index (χ1v) is 11.5. The number of fused-ring (bicyclic) bond motifs is 1. The molecule has 2 aliphatic carbocycles. The Labute approximate surface area is 203 Å². The van der Waals surface area contributed by atoms with Crippen LogP contribution in [0.5, 0.6) is 11.6 Å². The van der Waals surface area contributed by atoms with Gasteiger partial charge in [-0.1, -0.05) is 0 Å². The van der Waals surface area contributed by atoms with Crippen LogP contribution in [-0.2, 0) is 0 Å². The van der Waals surface area contributed by atoms with Gasteiger partial charge in [-0.2, -0.15) is 18.3 Å². The Balaban J connectivity index is 1.11. The summed E-state index contributed by atoms with van der Waals surface area (Å²) in [5.41, 5.74) is 6.64. The number of carbonyl (C=O) groups is 2. The van der Waals surface area contributed by atoms with Crippen LogP contribution in [0.1, 0.15) is 52.8 Å². The minimum Gasteiger partial charge on any atom is -0.492 e. The first kappa shape index (κ1) is 23.9. The van der Waals surface area contributed by atoms with E-state index in [9.17, 15) is 22.8 Å². The molecule has 0 aliphatic heterocycles. The molecule has 3 heterocycles. The molecule has 1 spiro atoms. The maximum Gasteiger partial charge on any atom is 0.392 e. The fourth-order valence-corrected chi connectivity index (χ4v) is 5.01. The van der Waals surface area contributed by atoms with Crippen LogP contribution < -0.4 is 20.5 Å². The van der Waals surface area contributed by atoms with E-state index in [1.165, 1.54) is 23.0 Å². The molecule has 0 bridgehead atoms. The quantitative estimate of drug-likeness (QED) is 0.487. The number of hydrogen-bond donors (Lipinski definition) is 2. The molecule has 0 aromatic carbocycles. The van der Waals surface area contributed by atoms with E-state index in [0.717, 1.165) is 25.7 Å². The van der Waals surface area contributed by atoms with Crippen LogP contribution in [0.4, 0.5) is 13.2 Å². The molecule has 0 radical (unpaired) electrons. The lowest BCUT2D eigenvalue weighted by atomic mass is 9.53. The molecule has 5 rings (SSSR count). The smallest absolute Gasteiger partial charge is 0.392 e. The predicted molar refractivity (Wildman–Crippen MR) is 121 cm³/mol. The number of halogens is 3. The molecule has 3 aromatic heterocycles. The molecule has 12 heteroatoms. The van der Waals surface area contributed by atoms with Gasteiger partial charge in [-0.05, 0) is 55.4 Å². The van der Waals surface area contributed by atoms with E-state index in [1.807, 2.05) is 0 Å². The van der Waals surface area contributed by atoms with Gasteiger partial charge in [0.2, 0.25) is 5.88 Å². The highest BCUT2D eigenvalue weighted by Gasteiger charge is 2.54. The number of pyridine rings is 2. The van der Waals surface area contributed by atoms with Crippen LogP contribution in [0.3, 0.4) is 0 Å². The van der Waals surface area contributed by atoms with Crippen LogP contribution in [-0.4, -0.2) is 51.3 Å². The molecule has 2 amide bonds. The first-order valence-electron chi connectivity index (χ1n) is 11.5. The fourth-order valence-electron chi connectivity index (χ4n) is 5.01. The van der Waals surface area contributed by atoms with Crippen molar-refractivity contribution in [2.45, 2.75) is 50.4 Å². The van der Waals surface area contributed by atoms with Crippen molar-refractivity contribution in [3.63, 3.8) is 0 Å². The topological polar surface area (TPSA) is 121 Å². The molecule has 2 saturated carbocycles. The van der Waals surface area contributed by atoms with Gasteiger partial charge in [-0.15, -0.1) is 0 Å². The summed E-state index contributed by atoms with van der Waals surface area (Å²) in [6.45, 7) is -0.493. The van der Waals surface area contributed by atoms with E-state index in [4.69, 9.17) is 15.2 Å². The van der Waals surface area contributed by atoms with Crippen molar-refractivity contribution in [1.29, 1.82) is 0 Å². The molecule has 9 nitrogen and oxygen atoms in total. The van der Waals surface area contributed by atoms with E-state index in [-0.39, 0.29) is 40.7 Å². The summed E-state index contributed by atoms with van der Waals surface area (Å²) >= 11 is 0. The molecule has 0 atom stereocenters. The number of amides is 2. The molecule has 190 valence electrons. The molecule has 36 heavy (non-hydrogen) atoms. The van der Waals surface area contributed by atoms with Crippen molar-refractivity contribution in [2.24, 2.45) is 11.1 Å². The highest BCUT2D eigenvalue weighted by atomic mass is 19.4. The normalized spacial score (nSPS) is 23.1. The Kier molecular flexibility index (Phi) is 5.97. The minimum atomic E-state index is -4.29. The highest BCUT2D eigenvalue weighted by Crippen LogP contribution is 2.56. The van der Waals surface area contributed by atoms with E-state index in [1.54, 1.807) is 24.4 Å². The van der Waals surface area contributed by atoms with Gasteiger partial charge in [0.1, 0.15) is 17.4 Å². The zero-order valence-corrected chi connectivity index (χ0v) is 19.1. The van der Waals surface area contributed by atoms with Crippen molar-refractivity contribution in [3.05, 3.63) is 54.0 Å². The Bertz CT molecular complexity index is 1290. The van der Waals surface area contributed by atoms with Crippen LogP contribution in [0.2, 0.25) is 0 Å². The molecule has 0 saturated heterocycles. The fraction of sp³-hybridized carbons (Fsp3) is 0.417. The van der Waals surface area contributed by atoms with Crippen LogP contribution >= 0.6 is 0 Å². The van der Waals surface area contributed by atoms with Gasteiger partial charge >= 0.3 is 6.18 Å². The summed E-state index contributed by atoms with van der Waals surface area (Å²) in [6, 6.07) is 6.34. The molecule has 3 aromatic rings. The summed E-state index contributed by atoms with van der Waals surface area (Å²) < 4.78 is 49.3. The number of ether oxygens (including phenoxy) is 2. The van der Waals surface area contributed by atoms with Gasteiger partial charge < -0.3 is 20.5 Å². The van der Waals surface area contributed by atoms with E-state index >= 15 is 0 Å².